The van der Waals surface area contributed by atoms with E-state index in [4.69, 9.17) is 0 Å². The first-order valence-corrected chi connectivity index (χ1v) is 11.2. The molecule has 140 valence electrons. The van der Waals surface area contributed by atoms with E-state index >= 15 is 0 Å². The Morgan fingerprint density at radius 2 is 1.73 bits per heavy atom. The number of piperidine rings is 1. The summed E-state index contributed by atoms with van der Waals surface area (Å²) >= 11 is 1.16. The molecule has 1 aliphatic heterocycles. The molecule has 1 fully saturated rings. The lowest BCUT2D eigenvalue weighted by atomic mass is 10.0. The van der Waals surface area contributed by atoms with E-state index in [0.29, 0.717) is 24.7 Å². The fraction of sp³-hybridized carbons (Fsp3) is 0.421. The van der Waals surface area contributed by atoms with Crippen molar-refractivity contribution in [3.63, 3.8) is 0 Å². The average molecular weight is 393 g/mol. The molecule has 7 heteroatoms. The molecule has 2 aromatic rings. The predicted molar refractivity (Wildman–Crippen MR) is 105 cm³/mol. The van der Waals surface area contributed by atoms with E-state index in [2.05, 4.69) is 19.2 Å². The molecule has 1 aromatic carbocycles. The largest absolute Gasteiger partial charge is 0.321 e. The first kappa shape index (κ1) is 19.1. The van der Waals surface area contributed by atoms with E-state index in [1.807, 2.05) is 24.3 Å². The van der Waals surface area contributed by atoms with Crippen LogP contribution in [0.4, 0.5) is 5.69 Å². The lowest BCUT2D eigenvalue weighted by Crippen LogP contribution is -2.36. The number of thiophene rings is 1. The topological polar surface area (TPSA) is 66.5 Å². The van der Waals surface area contributed by atoms with E-state index in [9.17, 15) is 13.2 Å². The molecule has 0 spiro atoms. The summed E-state index contributed by atoms with van der Waals surface area (Å²) in [7, 11) is -3.62. The van der Waals surface area contributed by atoms with Gasteiger partial charge in [-0.2, -0.15) is 4.31 Å². The van der Waals surface area contributed by atoms with Crippen LogP contribution in [0.5, 0.6) is 0 Å². The summed E-state index contributed by atoms with van der Waals surface area (Å²) in [5, 5.41) is 4.47. The van der Waals surface area contributed by atoms with E-state index in [1.165, 1.54) is 15.9 Å². The average Bonchev–Trinajstić information content (AvgIpc) is 3.14. The smallest absolute Gasteiger partial charge is 0.267 e. The number of amides is 1. The van der Waals surface area contributed by atoms with Crippen molar-refractivity contribution in [2.45, 2.75) is 43.9 Å². The molecule has 0 atom stereocenters. The number of rotatable bonds is 5. The highest BCUT2D eigenvalue weighted by atomic mass is 32.2. The molecule has 2 heterocycles. The van der Waals surface area contributed by atoms with E-state index in [1.54, 1.807) is 5.38 Å². The Hall–Kier alpha value is -1.70. The van der Waals surface area contributed by atoms with Crippen LogP contribution in [0.3, 0.4) is 0 Å². The van der Waals surface area contributed by atoms with Crippen molar-refractivity contribution in [3.8, 4) is 0 Å². The van der Waals surface area contributed by atoms with Crippen molar-refractivity contribution in [3.05, 3.63) is 46.2 Å². The van der Waals surface area contributed by atoms with Crippen LogP contribution < -0.4 is 5.32 Å². The summed E-state index contributed by atoms with van der Waals surface area (Å²) in [6.45, 7) is 5.26. The zero-order chi connectivity index (χ0) is 18.7. The van der Waals surface area contributed by atoms with Gasteiger partial charge in [-0.05, 0) is 47.9 Å². The van der Waals surface area contributed by atoms with E-state index < -0.39 is 10.0 Å². The molecule has 3 rings (SSSR count). The number of carbonyl (C=O) groups excluding carboxylic acids is 1. The van der Waals surface area contributed by atoms with Crippen molar-refractivity contribution in [2.75, 3.05) is 18.4 Å². The van der Waals surface area contributed by atoms with Gasteiger partial charge in [0.1, 0.15) is 9.77 Å². The Labute approximate surface area is 159 Å². The summed E-state index contributed by atoms with van der Waals surface area (Å²) in [5.41, 5.74) is 1.85. The van der Waals surface area contributed by atoms with Gasteiger partial charge in [0.15, 0.2) is 0 Å². The fourth-order valence-corrected chi connectivity index (χ4v) is 5.86. The summed E-state index contributed by atoms with van der Waals surface area (Å²) in [5.74, 6) is 0.0335. The van der Waals surface area contributed by atoms with Crippen molar-refractivity contribution in [2.24, 2.45) is 0 Å². The van der Waals surface area contributed by atoms with E-state index in [0.717, 1.165) is 30.6 Å². The number of nitrogens with zero attached hydrogens (tertiary/aromatic N) is 1. The molecule has 1 aliphatic rings. The quantitative estimate of drug-likeness (QED) is 0.825. The Bertz CT molecular complexity index is 864. The van der Waals surface area contributed by atoms with Crippen molar-refractivity contribution < 1.29 is 13.2 Å². The minimum atomic E-state index is -3.62. The maximum atomic E-state index is 12.9. The maximum Gasteiger partial charge on any atom is 0.267 e. The molecule has 0 unspecified atom stereocenters. The van der Waals surface area contributed by atoms with E-state index in [-0.39, 0.29) is 15.7 Å². The second kappa shape index (κ2) is 7.90. The maximum absolute atomic E-state index is 12.9. The van der Waals surface area contributed by atoms with Gasteiger partial charge in [0.2, 0.25) is 10.0 Å². The molecule has 0 saturated carbocycles. The van der Waals surface area contributed by atoms with Gasteiger partial charge in [0.05, 0.1) is 0 Å². The summed E-state index contributed by atoms with van der Waals surface area (Å²) < 4.78 is 27.3. The third-order valence-corrected chi connectivity index (χ3v) is 7.59. The molecule has 1 amide bonds. The molecular weight excluding hydrogens is 368 g/mol. The number of carbonyl (C=O) groups is 1. The monoisotopic (exact) mass is 392 g/mol. The predicted octanol–water partition coefficient (Wildman–Crippen LogP) is 4.30. The molecule has 1 saturated heterocycles. The number of hydrogen-bond donors (Lipinski definition) is 1. The lowest BCUT2D eigenvalue weighted by Gasteiger charge is -2.25. The second-order valence-electron chi connectivity index (χ2n) is 6.81. The second-order valence-corrected chi connectivity index (χ2v) is 9.63. The Kier molecular flexibility index (Phi) is 5.79. The molecule has 0 bridgehead atoms. The van der Waals surface area contributed by atoms with Crippen LogP contribution in [0, 0.1) is 0 Å². The number of benzene rings is 1. The highest BCUT2D eigenvalue weighted by Crippen LogP contribution is 2.28. The molecule has 1 N–H and O–H groups in total. The van der Waals surface area contributed by atoms with Gasteiger partial charge in [0.25, 0.3) is 5.91 Å². The lowest BCUT2D eigenvalue weighted by molar-refractivity contribution is 0.102. The van der Waals surface area contributed by atoms with Crippen LogP contribution in [-0.4, -0.2) is 31.7 Å². The molecule has 0 aliphatic carbocycles. The molecular formula is C19H24N2O3S2. The first-order valence-electron chi connectivity index (χ1n) is 8.88. The van der Waals surface area contributed by atoms with Crippen LogP contribution in [0.15, 0.2) is 40.6 Å². The van der Waals surface area contributed by atoms with Gasteiger partial charge in [0, 0.05) is 18.8 Å². The summed E-state index contributed by atoms with van der Waals surface area (Å²) in [6.07, 6.45) is 2.79. The van der Waals surface area contributed by atoms with Gasteiger partial charge in [-0.3, -0.25) is 4.79 Å². The third-order valence-electron chi connectivity index (χ3n) is 4.60. The van der Waals surface area contributed by atoms with Crippen LogP contribution in [-0.2, 0) is 10.0 Å². The Morgan fingerprint density at radius 3 is 2.35 bits per heavy atom. The van der Waals surface area contributed by atoms with Crippen LogP contribution in [0.1, 0.15) is 54.3 Å². The minimum absolute atomic E-state index is 0.112. The summed E-state index contributed by atoms with van der Waals surface area (Å²) in [4.78, 5) is 13.0. The Morgan fingerprint density at radius 1 is 1.08 bits per heavy atom. The van der Waals surface area contributed by atoms with Crippen molar-refractivity contribution >= 4 is 33.0 Å². The van der Waals surface area contributed by atoms with Gasteiger partial charge in [-0.15, -0.1) is 11.3 Å². The normalized spacial score (nSPS) is 16.0. The number of anilines is 1. The van der Waals surface area contributed by atoms with Crippen LogP contribution in [0.25, 0.3) is 0 Å². The van der Waals surface area contributed by atoms with Gasteiger partial charge >= 0.3 is 0 Å². The zero-order valence-electron chi connectivity index (χ0n) is 15.1. The number of nitrogens with one attached hydrogen (secondary N) is 1. The Balaban J connectivity index is 1.80. The summed E-state index contributed by atoms with van der Waals surface area (Å²) in [6, 6.07) is 9.17. The SMILES string of the molecule is CC(C)c1ccc(NC(=O)c2sccc2S(=O)(=O)N2CCCCC2)cc1. The fourth-order valence-electron chi connectivity index (χ4n) is 3.05. The highest BCUT2D eigenvalue weighted by molar-refractivity contribution is 7.89. The molecule has 0 radical (unpaired) electrons. The van der Waals surface area contributed by atoms with Crippen molar-refractivity contribution in [1.29, 1.82) is 0 Å². The number of hydrogen-bond acceptors (Lipinski definition) is 4. The first-order chi connectivity index (χ1) is 12.4. The third kappa shape index (κ3) is 4.00. The molecule has 1 aromatic heterocycles. The standard InChI is InChI=1S/C19H24N2O3S2/c1-14(2)15-6-8-16(9-7-15)20-19(22)18-17(10-13-25-18)26(23,24)21-11-4-3-5-12-21/h6-10,13-14H,3-5,11-12H2,1-2H3,(H,20,22). The number of sulfonamides is 1. The minimum Gasteiger partial charge on any atom is -0.321 e. The van der Waals surface area contributed by atoms with Crippen LogP contribution >= 0.6 is 11.3 Å². The molecule has 26 heavy (non-hydrogen) atoms. The van der Waals surface area contributed by atoms with Crippen LogP contribution in [0.2, 0.25) is 0 Å². The van der Waals surface area contributed by atoms with Gasteiger partial charge in [-0.1, -0.05) is 32.4 Å². The molecule has 5 nitrogen and oxygen atoms in total. The highest BCUT2D eigenvalue weighted by Gasteiger charge is 2.31. The van der Waals surface area contributed by atoms with Gasteiger partial charge < -0.3 is 5.32 Å². The van der Waals surface area contributed by atoms with Crippen molar-refractivity contribution in [1.82, 2.24) is 4.31 Å². The zero-order valence-corrected chi connectivity index (χ0v) is 16.7. The van der Waals surface area contributed by atoms with Gasteiger partial charge in [-0.25, -0.2) is 8.42 Å².